The van der Waals surface area contributed by atoms with E-state index in [4.69, 9.17) is 9.47 Å². The first-order valence-electron chi connectivity index (χ1n) is 9.98. The smallest absolute Gasteiger partial charge is 0.343 e. The van der Waals surface area contributed by atoms with Crippen LogP contribution >= 0.6 is 0 Å². The average molecular weight is 458 g/mol. The molecule has 0 unspecified atom stereocenters. The van der Waals surface area contributed by atoms with Crippen LogP contribution in [0.1, 0.15) is 20.7 Å². The molecule has 0 fully saturated rings. The van der Waals surface area contributed by atoms with Crippen LogP contribution in [0.3, 0.4) is 0 Å². The van der Waals surface area contributed by atoms with E-state index in [2.05, 4.69) is 0 Å². The quantitative estimate of drug-likeness (QED) is 0.252. The molecule has 8 nitrogen and oxygen atoms in total. The molecule has 4 N–H and O–H groups in total. The highest BCUT2D eigenvalue weighted by molar-refractivity contribution is 5.92. The Bertz CT molecular complexity index is 1210. The van der Waals surface area contributed by atoms with E-state index in [1.54, 1.807) is 48.5 Å². The van der Waals surface area contributed by atoms with Gasteiger partial charge in [0.15, 0.2) is 0 Å². The molecule has 0 heterocycles. The molecule has 0 atom stereocenters. The van der Waals surface area contributed by atoms with Gasteiger partial charge in [-0.15, -0.1) is 0 Å². The maximum absolute atomic E-state index is 12.2. The van der Waals surface area contributed by atoms with Crippen molar-refractivity contribution in [2.24, 2.45) is 0 Å². The summed E-state index contributed by atoms with van der Waals surface area (Å²) in [6.45, 7) is 0. The Hall–Kier alpha value is -4.98. The van der Waals surface area contributed by atoms with Crippen molar-refractivity contribution in [3.63, 3.8) is 0 Å². The molecule has 0 amide bonds. The molecule has 4 aromatic rings. The zero-order valence-corrected chi connectivity index (χ0v) is 17.5. The fraction of sp³-hybridized carbons (Fsp3) is 0. The van der Waals surface area contributed by atoms with Crippen molar-refractivity contribution >= 4 is 11.9 Å². The molecule has 0 saturated heterocycles. The Kier molecular flexibility index (Phi) is 6.05. The second-order valence-corrected chi connectivity index (χ2v) is 7.30. The molecule has 4 aromatic carbocycles. The molecule has 8 heteroatoms. The van der Waals surface area contributed by atoms with Crippen LogP contribution in [0.5, 0.6) is 34.5 Å². The van der Waals surface area contributed by atoms with Gasteiger partial charge in [-0.1, -0.05) is 24.3 Å². The summed E-state index contributed by atoms with van der Waals surface area (Å²) < 4.78 is 10.5. The SMILES string of the molecule is O=C(Oc1ccc(-c2ccc(OC(=O)c3cc(O)cc(O)c3)cc2)cc1)c1cc(O)cc(O)c1. The number of phenolic OH excluding ortho intramolecular Hbond substituents is 4. The lowest BCUT2D eigenvalue weighted by molar-refractivity contribution is 0.0724. The summed E-state index contributed by atoms with van der Waals surface area (Å²) in [5.74, 6) is -1.93. The first-order valence-corrected chi connectivity index (χ1v) is 9.98. The number of ether oxygens (including phenoxy) is 2. The van der Waals surface area contributed by atoms with Crippen molar-refractivity contribution in [1.82, 2.24) is 0 Å². The van der Waals surface area contributed by atoms with Crippen molar-refractivity contribution in [2.45, 2.75) is 0 Å². The highest BCUT2D eigenvalue weighted by Gasteiger charge is 2.13. The van der Waals surface area contributed by atoms with Crippen LogP contribution in [-0.2, 0) is 0 Å². The van der Waals surface area contributed by atoms with Crippen LogP contribution in [0.2, 0.25) is 0 Å². The van der Waals surface area contributed by atoms with E-state index in [-0.39, 0.29) is 45.6 Å². The summed E-state index contributed by atoms with van der Waals surface area (Å²) in [4.78, 5) is 24.5. The van der Waals surface area contributed by atoms with Gasteiger partial charge in [-0.05, 0) is 59.7 Å². The first kappa shape index (κ1) is 22.2. The third-order valence-corrected chi connectivity index (χ3v) is 4.74. The molecule has 0 spiro atoms. The van der Waals surface area contributed by atoms with Crippen LogP contribution in [-0.4, -0.2) is 32.4 Å². The monoisotopic (exact) mass is 458 g/mol. The minimum atomic E-state index is -0.731. The van der Waals surface area contributed by atoms with E-state index < -0.39 is 11.9 Å². The Balaban J connectivity index is 1.42. The summed E-state index contributed by atoms with van der Waals surface area (Å²) in [6.07, 6.45) is 0. The average Bonchev–Trinajstić information content (AvgIpc) is 2.79. The van der Waals surface area contributed by atoms with Gasteiger partial charge < -0.3 is 29.9 Å². The number of aromatic hydroxyl groups is 4. The lowest BCUT2D eigenvalue weighted by Gasteiger charge is -2.08. The zero-order valence-electron chi connectivity index (χ0n) is 17.5. The van der Waals surface area contributed by atoms with Gasteiger partial charge >= 0.3 is 11.9 Å². The van der Waals surface area contributed by atoms with Crippen LogP contribution < -0.4 is 9.47 Å². The van der Waals surface area contributed by atoms with Gasteiger partial charge in [0.2, 0.25) is 0 Å². The molecule has 170 valence electrons. The van der Waals surface area contributed by atoms with Crippen molar-refractivity contribution < 1.29 is 39.5 Å². The second kappa shape index (κ2) is 9.25. The van der Waals surface area contributed by atoms with Gasteiger partial charge in [-0.25, -0.2) is 9.59 Å². The van der Waals surface area contributed by atoms with Gasteiger partial charge in [0.25, 0.3) is 0 Å². The number of esters is 2. The molecule has 0 aromatic heterocycles. The van der Waals surface area contributed by atoms with Crippen molar-refractivity contribution in [3.8, 4) is 45.6 Å². The highest BCUT2D eigenvalue weighted by Crippen LogP contribution is 2.27. The predicted octanol–water partition coefficient (Wildman–Crippen LogP) is 4.61. The largest absolute Gasteiger partial charge is 0.508 e. The standard InChI is InChI=1S/C26H18O8/c27-19-9-17(10-20(28)13-19)25(31)33-23-5-1-15(2-6-23)16-3-7-24(8-4-16)34-26(32)18-11-21(29)14-22(30)12-18/h1-14,27-30H. The molecule has 0 bridgehead atoms. The minimum absolute atomic E-state index is 0.00707. The first-order chi connectivity index (χ1) is 16.3. The van der Waals surface area contributed by atoms with Gasteiger partial charge in [-0.3, -0.25) is 0 Å². The summed E-state index contributed by atoms with van der Waals surface area (Å²) >= 11 is 0. The van der Waals surface area contributed by atoms with Crippen molar-refractivity contribution in [1.29, 1.82) is 0 Å². The summed E-state index contributed by atoms with van der Waals surface area (Å²) in [6, 6.07) is 20.3. The molecular weight excluding hydrogens is 440 g/mol. The van der Waals surface area contributed by atoms with E-state index in [1.165, 1.54) is 24.3 Å². The topological polar surface area (TPSA) is 134 Å². The molecular formula is C26H18O8. The summed E-state index contributed by atoms with van der Waals surface area (Å²) in [5, 5.41) is 38.0. The number of phenols is 4. The third-order valence-electron chi connectivity index (χ3n) is 4.74. The van der Waals surface area contributed by atoms with Crippen LogP contribution in [0.25, 0.3) is 11.1 Å². The maximum Gasteiger partial charge on any atom is 0.343 e. The summed E-state index contributed by atoms with van der Waals surface area (Å²) in [5.41, 5.74) is 1.64. The third kappa shape index (κ3) is 5.25. The maximum atomic E-state index is 12.2. The normalized spacial score (nSPS) is 10.5. The lowest BCUT2D eigenvalue weighted by atomic mass is 10.1. The minimum Gasteiger partial charge on any atom is -0.508 e. The molecule has 0 aliphatic heterocycles. The van der Waals surface area contributed by atoms with E-state index in [1.807, 2.05) is 0 Å². The fourth-order valence-corrected chi connectivity index (χ4v) is 3.19. The van der Waals surface area contributed by atoms with E-state index in [0.717, 1.165) is 23.3 Å². The van der Waals surface area contributed by atoms with E-state index >= 15 is 0 Å². The van der Waals surface area contributed by atoms with E-state index in [0.29, 0.717) is 0 Å². The number of benzene rings is 4. The Morgan fingerprint density at radius 1 is 0.471 bits per heavy atom. The van der Waals surface area contributed by atoms with Gasteiger partial charge in [0, 0.05) is 12.1 Å². The van der Waals surface area contributed by atoms with Gasteiger partial charge in [0.05, 0.1) is 11.1 Å². The lowest BCUT2D eigenvalue weighted by Crippen LogP contribution is -2.08. The second-order valence-electron chi connectivity index (χ2n) is 7.30. The molecule has 4 rings (SSSR count). The number of rotatable bonds is 5. The van der Waals surface area contributed by atoms with Gasteiger partial charge in [0.1, 0.15) is 34.5 Å². The number of carbonyl (C=O) groups excluding carboxylic acids is 2. The Labute approximate surface area is 193 Å². The van der Waals surface area contributed by atoms with Gasteiger partial charge in [-0.2, -0.15) is 0 Å². The number of carbonyl (C=O) groups is 2. The van der Waals surface area contributed by atoms with Crippen LogP contribution in [0.4, 0.5) is 0 Å². The molecule has 0 aliphatic rings. The molecule has 34 heavy (non-hydrogen) atoms. The molecule has 0 radical (unpaired) electrons. The fourth-order valence-electron chi connectivity index (χ4n) is 3.19. The van der Waals surface area contributed by atoms with Crippen molar-refractivity contribution in [3.05, 3.63) is 96.1 Å². The van der Waals surface area contributed by atoms with Crippen LogP contribution in [0, 0.1) is 0 Å². The van der Waals surface area contributed by atoms with Crippen molar-refractivity contribution in [2.75, 3.05) is 0 Å². The van der Waals surface area contributed by atoms with E-state index in [9.17, 15) is 30.0 Å². The zero-order chi connectivity index (χ0) is 24.2. The molecule has 0 saturated carbocycles. The van der Waals surface area contributed by atoms with Crippen LogP contribution in [0.15, 0.2) is 84.9 Å². The number of hydrogen-bond donors (Lipinski definition) is 4. The summed E-state index contributed by atoms with van der Waals surface area (Å²) in [7, 11) is 0. The Morgan fingerprint density at radius 3 is 1.06 bits per heavy atom. The number of hydrogen-bond acceptors (Lipinski definition) is 8. The Morgan fingerprint density at radius 2 is 0.765 bits per heavy atom. The predicted molar refractivity (Wildman–Crippen MR) is 121 cm³/mol. The highest BCUT2D eigenvalue weighted by atomic mass is 16.5. The molecule has 0 aliphatic carbocycles.